The fourth-order valence-corrected chi connectivity index (χ4v) is 5.16. The van der Waals surface area contributed by atoms with Gasteiger partial charge in [-0.05, 0) is 31.9 Å². The van der Waals surface area contributed by atoms with Crippen molar-refractivity contribution in [3.63, 3.8) is 0 Å². The number of anilines is 1. The number of carbonyl (C=O) groups is 2. The number of thioether (sulfide) groups is 1. The molecule has 3 rings (SSSR count). The van der Waals surface area contributed by atoms with Crippen LogP contribution >= 0.6 is 35.0 Å². The van der Waals surface area contributed by atoms with Crippen molar-refractivity contribution < 1.29 is 9.59 Å². The minimum absolute atomic E-state index is 0.0489. The first-order valence-electron chi connectivity index (χ1n) is 9.79. The zero-order chi connectivity index (χ0) is 20.1. The summed E-state index contributed by atoms with van der Waals surface area (Å²) in [6.45, 7) is 2.50. The van der Waals surface area contributed by atoms with Gasteiger partial charge in [0.2, 0.25) is 11.8 Å². The first-order chi connectivity index (χ1) is 13.5. The summed E-state index contributed by atoms with van der Waals surface area (Å²) < 4.78 is 0. The minimum atomic E-state index is -0.456. The van der Waals surface area contributed by atoms with Gasteiger partial charge in [-0.25, -0.2) is 0 Å². The quantitative estimate of drug-likeness (QED) is 0.624. The summed E-state index contributed by atoms with van der Waals surface area (Å²) in [6.07, 6.45) is 7.14. The first kappa shape index (κ1) is 21.5. The third-order valence-corrected chi connectivity index (χ3v) is 7.06. The largest absolute Gasteiger partial charge is 0.325 e. The number of hydrogen-bond donors (Lipinski definition) is 1. The van der Waals surface area contributed by atoms with Crippen LogP contribution in [0.5, 0.6) is 0 Å². The smallest absolute Gasteiger partial charge is 0.242 e. The summed E-state index contributed by atoms with van der Waals surface area (Å²) in [6, 6.07) is 5.35. The van der Waals surface area contributed by atoms with Crippen molar-refractivity contribution in [2.45, 2.75) is 63.2 Å². The molecule has 1 aliphatic carbocycles. The Morgan fingerprint density at radius 2 is 1.96 bits per heavy atom. The standard InChI is InChI=1S/C20H25Cl2N3O2S/c1-2-25-19(27)16(28-20(25)23-13-8-5-3-4-6-9-13)12-17(26)24-15-11-7-10-14(21)18(15)22/h7,10-11,13,16H,2-6,8-9,12H2,1H3,(H,24,26). The van der Waals surface area contributed by atoms with Crippen LogP contribution in [0.1, 0.15) is 51.9 Å². The minimum Gasteiger partial charge on any atom is -0.325 e. The molecule has 5 nitrogen and oxygen atoms in total. The molecule has 1 aromatic rings. The van der Waals surface area contributed by atoms with Crippen LogP contribution in [-0.2, 0) is 9.59 Å². The molecule has 0 spiro atoms. The van der Waals surface area contributed by atoms with Crippen LogP contribution in [0.25, 0.3) is 0 Å². The molecular weight excluding hydrogens is 417 g/mol. The molecule has 1 unspecified atom stereocenters. The Hall–Kier alpha value is -1.24. The van der Waals surface area contributed by atoms with E-state index >= 15 is 0 Å². The van der Waals surface area contributed by atoms with Gasteiger partial charge in [-0.15, -0.1) is 0 Å². The maximum absolute atomic E-state index is 12.8. The van der Waals surface area contributed by atoms with Crippen LogP contribution in [0.2, 0.25) is 10.0 Å². The predicted molar refractivity (Wildman–Crippen MR) is 117 cm³/mol. The predicted octanol–water partition coefficient (Wildman–Crippen LogP) is 5.36. The van der Waals surface area contributed by atoms with E-state index in [1.807, 2.05) is 6.92 Å². The maximum Gasteiger partial charge on any atom is 0.242 e. The molecule has 1 N–H and O–H groups in total. The maximum atomic E-state index is 12.8. The van der Waals surface area contributed by atoms with Crippen molar-refractivity contribution in [3.8, 4) is 0 Å². The molecule has 2 aliphatic rings. The van der Waals surface area contributed by atoms with Gasteiger partial charge in [0.25, 0.3) is 0 Å². The average Bonchev–Trinajstić information content (AvgIpc) is 2.83. The van der Waals surface area contributed by atoms with E-state index in [-0.39, 0.29) is 24.3 Å². The second-order valence-corrected chi connectivity index (χ2v) is 9.05. The average molecular weight is 442 g/mol. The Morgan fingerprint density at radius 1 is 1.25 bits per heavy atom. The number of benzene rings is 1. The molecule has 0 bridgehead atoms. The van der Waals surface area contributed by atoms with E-state index in [0.717, 1.165) is 18.0 Å². The van der Waals surface area contributed by atoms with Crippen molar-refractivity contribution in [1.82, 2.24) is 4.90 Å². The molecule has 1 aliphatic heterocycles. The van der Waals surface area contributed by atoms with Crippen molar-refractivity contribution in [3.05, 3.63) is 28.2 Å². The zero-order valence-electron chi connectivity index (χ0n) is 15.9. The van der Waals surface area contributed by atoms with Gasteiger partial charge >= 0.3 is 0 Å². The summed E-state index contributed by atoms with van der Waals surface area (Å²) in [5.41, 5.74) is 0.453. The molecule has 1 saturated carbocycles. The fourth-order valence-electron chi connectivity index (χ4n) is 3.54. The summed E-state index contributed by atoms with van der Waals surface area (Å²) in [5, 5.41) is 3.74. The third kappa shape index (κ3) is 5.22. The number of nitrogens with one attached hydrogen (secondary N) is 1. The highest BCUT2D eigenvalue weighted by molar-refractivity contribution is 8.15. The number of carbonyl (C=O) groups excluding carboxylic acids is 2. The van der Waals surface area contributed by atoms with Gasteiger partial charge in [0.1, 0.15) is 5.25 Å². The second-order valence-electron chi connectivity index (χ2n) is 7.10. The lowest BCUT2D eigenvalue weighted by molar-refractivity contribution is -0.128. The summed E-state index contributed by atoms with van der Waals surface area (Å²) in [4.78, 5) is 31.8. The monoisotopic (exact) mass is 441 g/mol. The Bertz CT molecular complexity index is 764. The molecule has 1 saturated heterocycles. The van der Waals surface area contributed by atoms with Crippen LogP contribution in [-0.4, -0.2) is 39.7 Å². The molecule has 1 atom stereocenters. The number of amidine groups is 1. The number of amides is 2. The van der Waals surface area contributed by atoms with Crippen LogP contribution in [0.15, 0.2) is 23.2 Å². The van der Waals surface area contributed by atoms with E-state index in [1.165, 1.54) is 37.4 Å². The lowest BCUT2D eigenvalue weighted by atomic mass is 10.1. The van der Waals surface area contributed by atoms with Gasteiger partial charge in [0, 0.05) is 13.0 Å². The van der Waals surface area contributed by atoms with Crippen LogP contribution in [0.4, 0.5) is 5.69 Å². The van der Waals surface area contributed by atoms with Gasteiger partial charge in [-0.3, -0.25) is 19.5 Å². The summed E-state index contributed by atoms with van der Waals surface area (Å²) in [7, 11) is 0. The number of rotatable bonds is 5. The molecule has 2 amide bonds. The van der Waals surface area contributed by atoms with Crippen LogP contribution < -0.4 is 5.32 Å². The molecule has 28 heavy (non-hydrogen) atoms. The molecule has 8 heteroatoms. The summed E-state index contributed by atoms with van der Waals surface area (Å²) in [5.74, 6) is -0.311. The molecular formula is C20H25Cl2N3O2S. The van der Waals surface area contributed by atoms with Gasteiger partial charge < -0.3 is 5.32 Å². The molecule has 0 radical (unpaired) electrons. The normalized spacial score (nSPS) is 22.5. The molecule has 1 aromatic carbocycles. The van der Waals surface area contributed by atoms with E-state index in [1.54, 1.807) is 23.1 Å². The van der Waals surface area contributed by atoms with Gasteiger partial charge in [-0.1, -0.05) is 66.7 Å². The zero-order valence-corrected chi connectivity index (χ0v) is 18.2. The molecule has 2 fully saturated rings. The Kier molecular flexibility index (Phi) is 7.66. The SMILES string of the molecule is CCN1C(=O)C(CC(=O)Nc2cccc(Cl)c2Cl)SC1=NC1CCCCCC1. The Balaban J connectivity index is 1.66. The Morgan fingerprint density at radius 3 is 2.64 bits per heavy atom. The molecule has 1 heterocycles. The topological polar surface area (TPSA) is 61.8 Å². The third-order valence-electron chi connectivity index (χ3n) is 5.05. The van der Waals surface area contributed by atoms with Crippen molar-refractivity contribution in [1.29, 1.82) is 0 Å². The van der Waals surface area contributed by atoms with E-state index in [0.29, 0.717) is 22.3 Å². The van der Waals surface area contributed by atoms with Gasteiger partial charge in [0.15, 0.2) is 5.17 Å². The van der Waals surface area contributed by atoms with Crippen molar-refractivity contribution >= 4 is 57.6 Å². The van der Waals surface area contributed by atoms with Crippen LogP contribution in [0, 0.1) is 0 Å². The molecule has 152 valence electrons. The number of hydrogen-bond acceptors (Lipinski definition) is 4. The highest BCUT2D eigenvalue weighted by Gasteiger charge is 2.38. The van der Waals surface area contributed by atoms with Crippen molar-refractivity contribution in [2.24, 2.45) is 4.99 Å². The number of nitrogens with zero attached hydrogens (tertiary/aromatic N) is 2. The first-order valence-corrected chi connectivity index (χ1v) is 11.4. The Labute approximate surface area is 180 Å². The summed E-state index contributed by atoms with van der Waals surface area (Å²) >= 11 is 13.5. The number of aliphatic imine (C=N–C) groups is 1. The van der Waals surface area contributed by atoms with E-state index in [4.69, 9.17) is 28.2 Å². The highest BCUT2D eigenvalue weighted by Crippen LogP contribution is 2.33. The van der Waals surface area contributed by atoms with E-state index < -0.39 is 5.25 Å². The van der Waals surface area contributed by atoms with Gasteiger partial charge in [-0.2, -0.15) is 0 Å². The number of halogens is 2. The lowest BCUT2D eigenvalue weighted by Crippen LogP contribution is -2.33. The highest BCUT2D eigenvalue weighted by atomic mass is 35.5. The lowest BCUT2D eigenvalue weighted by Gasteiger charge is -2.16. The van der Waals surface area contributed by atoms with E-state index in [9.17, 15) is 9.59 Å². The molecule has 0 aromatic heterocycles. The van der Waals surface area contributed by atoms with E-state index in [2.05, 4.69) is 5.32 Å². The van der Waals surface area contributed by atoms with Crippen molar-refractivity contribution in [2.75, 3.05) is 11.9 Å². The fraction of sp³-hybridized carbons (Fsp3) is 0.550. The van der Waals surface area contributed by atoms with Gasteiger partial charge in [0.05, 0.1) is 21.8 Å². The van der Waals surface area contributed by atoms with Crippen LogP contribution in [0.3, 0.4) is 0 Å². The second kappa shape index (κ2) is 9.99.